The standard InChI is InChI=1S/C20H19N3O4/c1-3-10-25-20-21-18(15-7-5-4-6-13(15)2)23(22-20)19(24)14-8-9-16-17(11-14)27-12-26-16/h4-9,11H,3,10,12H2,1-2H3. The number of carbonyl (C=O) groups is 1. The Bertz CT molecular complexity index is 997. The molecule has 1 aromatic heterocycles. The monoisotopic (exact) mass is 365 g/mol. The van der Waals surface area contributed by atoms with Gasteiger partial charge < -0.3 is 14.2 Å². The molecule has 2 aromatic carbocycles. The predicted molar refractivity (Wildman–Crippen MR) is 98.3 cm³/mol. The lowest BCUT2D eigenvalue weighted by Crippen LogP contribution is -2.15. The molecule has 0 saturated heterocycles. The van der Waals surface area contributed by atoms with Crippen LogP contribution in [-0.4, -0.2) is 34.1 Å². The van der Waals surface area contributed by atoms with Gasteiger partial charge in [-0.15, -0.1) is 5.10 Å². The van der Waals surface area contributed by atoms with E-state index in [9.17, 15) is 4.79 Å². The largest absolute Gasteiger partial charge is 0.462 e. The fourth-order valence-electron chi connectivity index (χ4n) is 2.84. The van der Waals surface area contributed by atoms with Gasteiger partial charge in [0.1, 0.15) is 0 Å². The van der Waals surface area contributed by atoms with Gasteiger partial charge in [0, 0.05) is 11.1 Å². The molecule has 7 heteroatoms. The Balaban J connectivity index is 1.77. The van der Waals surface area contributed by atoms with Crippen LogP contribution in [0.3, 0.4) is 0 Å². The molecule has 0 radical (unpaired) electrons. The van der Waals surface area contributed by atoms with E-state index in [1.54, 1.807) is 18.2 Å². The number of benzene rings is 2. The first-order valence-corrected chi connectivity index (χ1v) is 8.77. The fourth-order valence-corrected chi connectivity index (χ4v) is 2.84. The van der Waals surface area contributed by atoms with Gasteiger partial charge in [-0.1, -0.05) is 31.2 Å². The van der Waals surface area contributed by atoms with Crippen molar-refractivity contribution in [3.8, 4) is 28.9 Å². The maximum Gasteiger partial charge on any atom is 0.336 e. The molecule has 27 heavy (non-hydrogen) atoms. The minimum absolute atomic E-state index is 0.153. The van der Waals surface area contributed by atoms with E-state index in [2.05, 4.69) is 10.1 Å². The number of carbonyl (C=O) groups excluding carboxylic acids is 1. The Morgan fingerprint density at radius 2 is 2.00 bits per heavy atom. The Morgan fingerprint density at radius 1 is 1.19 bits per heavy atom. The molecule has 0 atom stereocenters. The van der Waals surface area contributed by atoms with Gasteiger partial charge in [0.05, 0.1) is 6.61 Å². The molecule has 0 unspecified atom stereocenters. The summed E-state index contributed by atoms with van der Waals surface area (Å²) in [5, 5.41) is 4.30. The molecule has 0 amide bonds. The highest BCUT2D eigenvalue weighted by molar-refractivity contribution is 5.98. The third-order valence-electron chi connectivity index (χ3n) is 4.22. The summed E-state index contributed by atoms with van der Waals surface area (Å²) in [5.41, 5.74) is 2.25. The van der Waals surface area contributed by atoms with E-state index in [4.69, 9.17) is 14.2 Å². The van der Waals surface area contributed by atoms with E-state index < -0.39 is 0 Å². The average Bonchev–Trinajstić information content (AvgIpc) is 3.32. The number of hydrogen-bond acceptors (Lipinski definition) is 6. The van der Waals surface area contributed by atoms with Crippen molar-refractivity contribution in [1.29, 1.82) is 0 Å². The van der Waals surface area contributed by atoms with Crippen LogP contribution in [-0.2, 0) is 0 Å². The van der Waals surface area contributed by atoms with E-state index in [0.29, 0.717) is 29.5 Å². The van der Waals surface area contributed by atoms with Crippen LogP contribution in [0.25, 0.3) is 11.4 Å². The van der Waals surface area contributed by atoms with E-state index in [1.165, 1.54) is 4.68 Å². The summed E-state index contributed by atoms with van der Waals surface area (Å²) < 4.78 is 17.5. The molecule has 4 rings (SSSR count). The minimum atomic E-state index is -0.314. The molecule has 1 aliphatic heterocycles. The fraction of sp³-hybridized carbons (Fsp3) is 0.250. The van der Waals surface area contributed by atoms with E-state index in [1.807, 2.05) is 38.1 Å². The highest BCUT2D eigenvalue weighted by Gasteiger charge is 2.23. The Labute approximate surface area is 156 Å². The van der Waals surface area contributed by atoms with Gasteiger partial charge in [0.15, 0.2) is 17.3 Å². The molecule has 0 bridgehead atoms. The van der Waals surface area contributed by atoms with Crippen molar-refractivity contribution in [3.05, 3.63) is 53.6 Å². The van der Waals surface area contributed by atoms with Crippen LogP contribution in [0.15, 0.2) is 42.5 Å². The van der Waals surface area contributed by atoms with Crippen molar-refractivity contribution in [1.82, 2.24) is 14.8 Å². The molecule has 3 aromatic rings. The second-order valence-electron chi connectivity index (χ2n) is 6.17. The number of aromatic nitrogens is 3. The van der Waals surface area contributed by atoms with Crippen molar-refractivity contribution < 1.29 is 19.0 Å². The number of nitrogens with zero attached hydrogens (tertiary/aromatic N) is 3. The SMILES string of the molecule is CCCOc1nc(-c2ccccc2C)n(C(=O)c2ccc3c(c2)OCO3)n1. The van der Waals surface area contributed by atoms with Crippen molar-refractivity contribution in [2.75, 3.05) is 13.4 Å². The normalized spacial score (nSPS) is 12.2. The van der Waals surface area contributed by atoms with Crippen molar-refractivity contribution >= 4 is 5.91 Å². The number of aryl methyl sites for hydroxylation is 1. The van der Waals surface area contributed by atoms with E-state index in [0.717, 1.165) is 17.5 Å². The molecule has 0 fully saturated rings. The summed E-state index contributed by atoms with van der Waals surface area (Å²) in [4.78, 5) is 17.6. The van der Waals surface area contributed by atoms with Crippen LogP contribution in [0.1, 0.15) is 29.3 Å². The van der Waals surface area contributed by atoms with Gasteiger partial charge in [-0.2, -0.15) is 9.67 Å². The molecule has 0 N–H and O–H groups in total. The predicted octanol–water partition coefficient (Wildman–Crippen LogP) is 3.46. The maximum absolute atomic E-state index is 13.1. The quantitative estimate of drug-likeness (QED) is 0.689. The van der Waals surface area contributed by atoms with Crippen molar-refractivity contribution in [2.24, 2.45) is 0 Å². The van der Waals surface area contributed by atoms with Crippen molar-refractivity contribution in [3.63, 3.8) is 0 Å². The summed E-state index contributed by atoms with van der Waals surface area (Å²) in [5.74, 6) is 1.30. The number of hydrogen-bond donors (Lipinski definition) is 0. The molecule has 1 aliphatic rings. The van der Waals surface area contributed by atoms with Crippen molar-refractivity contribution in [2.45, 2.75) is 20.3 Å². The molecule has 138 valence electrons. The minimum Gasteiger partial charge on any atom is -0.462 e. The second kappa shape index (κ2) is 7.11. The van der Waals surface area contributed by atoms with E-state index in [-0.39, 0.29) is 18.7 Å². The second-order valence-corrected chi connectivity index (χ2v) is 6.17. The van der Waals surface area contributed by atoms with Crippen LogP contribution in [0.4, 0.5) is 0 Å². The first-order chi connectivity index (χ1) is 13.2. The maximum atomic E-state index is 13.1. The van der Waals surface area contributed by atoms with Crippen LogP contribution < -0.4 is 14.2 Å². The Hall–Kier alpha value is -3.35. The Morgan fingerprint density at radius 3 is 2.81 bits per heavy atom. The van der Waals surface area contributed by atoms with Crippen LogP contribution in [0.5, 0.6) is 17.5 Å². The molecule has 2 heterocycles. The van der Waals surface area contributed by atoms with Gasteiger partial charge in [0.2, 0.25) is 6.79 Å². The lowest BCUT2D eigenvalue weighted by molar-refractivity contribution is 0.0944. The van der Waals surface area contributed by atoms with Gasteiger partial charge in [-0.25, -0.2) is 0 Å². The molecule has 7 nitrogen and oxygen atoms in total. The number of ether oxygens (including phenoxy) is 3. The van der Waals surface area contributed by atoms with Crippen LogP contribution >= 0.6 is 0 Å². The lowest BCUT2D eigenvalue weighted by atomic mass is 10.1. The molecule has 0 spiro atoms. The highest BCUT2D eigenvalue weighted by Crippen LogP contribution is 2.33. The zero-order valence-electron chi connectivity index (χ0n) is 15.1. The lowest BCUT2D eigenvalue weighted by Gasteiger charge is -2.07. The van der Waals surface area contributed by atoms with Gasteiger partial charge in [-0.3, -0.25) is 4.79 Å². The third kappa shape index (κ3) is 3.23. The summed E-state index contributed by atoms with van der Waals surface area (Å²) >= 11 is 0. The zero-order chi connectivity index (χ0) is 18.8. The average molecular weight is 365 g/mol. The summed E-state index contributed by atoms with van der Waals surface area (Å²) in [6.45, 7) is 4.60. The smallest absolute Gasteiger partial charge is 0.336 e. The topological polar surface area (TPSA) is 75.5 Å². The van der Waals surface area contributed by atoms with Gasteiger partial charge in [0.25, 0.3) is 5.91 Å². The molecular formula is C20H19N3O4. The third-order valence-corrected chi connectivity index (χ3v) is 4.22. The highest BCUT2D eigenvalue weighted by atomic mass is 16.7. The van der Waals surface area contributed by atoms with Crippen LogP contribution in [0, 0.1) is 6.92 Å². The van der Waals surface area contributed by atoms with Crippen LogP contribution in [0.2, 0.25) is 0 Å². The Kier molecular flexibility index (Phi) is 4.50. The molecular weight excluding hydrogens is 346 g/mol. The first-order valence-electron chi connectivity index (χ1n) is 8.77. The summed E-state index contributed by atoms with van der Waals surface area (Å²) in [6.07, 6.45) is 0.824. The summed E-state index contributed by atoms with van der Waals surface area (Å²) in [6, 6.07) is 13.0. The first kappa shape index (κ1) is 17.1. The molecule has 0 saturated carbocycles. The van der Waals surface area contributed by atoms with Gasteiger partial charge >= 0.3 is 6.01 Å². The summed E-state index contributed by atoms with van der Waals surface area (Å²) in [7, 11) is 0. The zero-order valence-corrected chi connectivity index (χ0v) is 15.1. The number of rotatable bonds is 5. The number of fused-ring (bicyclic) bond motifs is 1. The van der Waals surface area contributed by atoms with Gasteiger partial charge in [-0.05, 0) is 37.1 Å². The molecule has 0 aliphatic carbocycles. The van der Waals surface area contributed by atoms with E-state index >= 15 is 0 Å².